The minimum atomic E-state index is -5.08. The zero-order valence-electron chi connectivity index (χ0n) is 37.4. The lowest BCUT2D eigenvalue weighted by Gasteiger charge is -2.41. The van der Waals surface area contributed by atoms with Crippen LogP contribution in [0.3, 0.4) is 0 Å². The van der Waals surface area contributed by atoms with E-state index in [2.05, 4.69) is 121 Å². The third-order valence-electron chi connectivity index (χ3n) is 9.39. The van der Waals surface area contributed by atoms with Gasteiger partial charge < -0.3 is 34.3 Å². The van der Waals surface area contributed by atoms with Crippen LogP contribution in [0.1, 0.15) is 129 Å². The first kappa shape index (κ1) is 56.8. The van der Waals surface area contributed by atoms with Crippen molar-refractivity contribution in [2.45, 2.75) is 166 Å². The van der Waals surface area contributed by atoms with Crippen molar-refractivity contribution < 1.29 is 56.2 Å². The fourth-order valence-corrected chi connectivity index (χ4v) is 6.56. The van der Waals surface area contributed by atoms with E-state index >= 15 is 0 Å². The van der Waals surface area contributed by atoms with Gasteiger partial charge in [0.2, 0.25) is 0 Å². The Morgan fingerprint density at radius 1 is 0.613 bits per heavy atom. The van der Waals surface area contributed by atoms with E-state index in [1.165, 1.54) is 0 Å². The molecule has 0 saturated carbocycles. The lowest BCUT2D eigenvalue weighted by molar-refractivity contribution is -0.301. The van der Waals surface area contributed by atoms with Gasteiger partial charge in [0.1, 0.15) is 30.5 Å². The number of rotatable bonds is 37. The normalized spacial score (nSPS) is 21.0. The first-order chi connectivity index (χ1) is 30.1. The molecule has 0 spiro atoms. The van der Waals surface area contributed by atoms with Gasteiger partial charge in [-0.25, -0.2) is 4.18 Å². The van der Waals surface area contributed by atoms with Crippen molar-refractivity contribution in [1.82, 2.24) is 0 Å². The molecule has 1 aliphatic heterocycles. The van der Waals surface area contributed by atoms with Crippen LogP contribution in [0, 0.1) is 0 Å². The van der Waals surface area contributed by atoms with Crippen molar-refractivity contribution in [3.05, 3.63) is 109 Å². The third kappa shape index (κ3) is 32.4. The van der Waals surface area contributed by atoms with Crippen LogP contribution >= 0.6 is 0 Å². The van der Waals surface area contributed by atoms with Crippen molar-refractivity contribution >= 4 is 16.4 Å². The van der Waals surface area contributed by atoms with Crippen molar-refractivity contribution in [3.63, 3.8) is 0 Å². The molecule has 1 fully saturated rings. The molecule has 1 saturated heterocycles. The molecule has 352 valence electrons. The minimum Gasteiger partial charge on any atom is -0.457 e. The van der Waals surface area contributed by atoms with E-state index in [1.54, 1.807) is 0 Å². The molecule has 1 aliphatic rings. The van der Waals surface area contributed by atoms with Gasteiger partial charge in [0.15, 0.2) is 6.29 Å². The topological polar surface area (TPSA) is 178 Å². The molecule has 0 aromatic rings. The predicted molar refractivity (Wildman–Crippen MR) is 248 cm³/mol. The van der Waals surface area contributed by atoms with Crippen LogP contribution in [0.4, 0.5) is 0 Å². The minimum absolute atomic E-state index is 0.00778. The van der Waals surface area contributed by atoms with Gasteiger partial charge in [-0.1, -0.05) is 142 Å². The van der Waals surface area contributed by atoms with E-state index in [0.717, 1.165) is 96.3 Å². The largest absolute Gasteiger partial charge is 0.457 e. The Balaban J connectivity index is 2.50. The summed E-state index contributed by atoms with van der Waals surface area (Å²) >= 11 is 0. The average molecular weight is 891 g/mol. The molecular weight excluding hydrogens is 813 g/mol. The highest BCUT2D eigenvalue weighted by Gasteiger charge is 2.48. The Kier molecular flexibility index (Phi) is 36.0. The standard InChI is InChI=1S/C49H78O12S/c1-3-5-7-9-11-13-15-17-19-21-23-25-27-29-31-33-35-37-39-57-41-43(42-58-49-47(53)48(61-62(54,55)56)46(52)44(40-50)60-49)59-45(51)38-36-34-32-30-28-26-24-22-20-18-16-14-12-10-8-6-4-2/h5-8,11-14,17-20,23-26,30,32,43-44,46-50,52-53H,3-4,9-10,15-16,21-22,27-29,31,33-42H2,1-2H3,(H,54,55,56)/b7-5-,8-6-,13-11-,14-12-,19-17-,20-18-,25-23-,26-24-,32-30-. The van der Waals surface area contributed by atoms with Crippen LogP contribution in [-0.2, 0) is 38.3 Å². The molecule has 12 nitrogen and oxygen atoms in total. The Morgan fingerprint density at radius 3 is 1.55 bits per heavy atom. The van der Waals surface area contributed by atoms with Gasteiger partial charge in [-0.15, -0.1) is 0 Å². The number of unbranched alkanes of at least 4 members (excludes halogenated alkanes) is 6. The molecule has 62 heavy (non-hydrogen) atoms. The summed E-state index contributed by atoms with van der Waals surface area (Å²) in [5.74, 6) is -0.468. The van der Waals surface area contributed by atoms with Crippen LogP contribution < -0.4 is 0 Å². The van der Waals surface area contributed by atoms with E-state index in [-0.39, 0.29) is 19.6 Å². The van der Waals surface area contributed by atoms with Crippen LogP contribution in [0.5, 0.6) is 0 Å². The summed E-state index contributed by atoms with van der Waals surface area (Å²) in [5.41, 5.74) is 0. The smallest absolute Gasteiger partial charge is 0.397 e. The summed E-state index contributed by atoms with van der Waals surface area (Å²) in [5, 5.41) is 30.7. The first-order valence-corrected chi connectivity index (χ1v) is 24.0. The molecule has 0 bridgehead atoms. The summed E-state index contributed by atoms with van der Waals surface area (Å²) < 4.78 is 59.0. The molecule has 0 aromatic carbocycles. The van der Waals surface area contributed by atoms with E-state index in [1.807, 2.05) is 6.08 Å². The Hall–Kier alpha value is -3.24. The van der Waals surface area contributed by atoms with Gasteiger partial charge >= 0.3 is 16.4 Å². The molecule has 0 aromatic heterocycles. The van der Waals surface area contributed by atoms with Crippen LogP contribution in [0.15, 0.2) is 109 Å². The number of allylic oxidation sites excluding steroid dienone is 18. The highest BCUT2D eigenvalue weighted by molar-refractivity contribution is 7.80. The fraction of sp³-hybridized carbons (Fsp3) is 0.612. The second-order valence-corrected chi connectivity index (χ2v) is 15.9. The molecule has 6 unspecified atom stereocenters. The van der Waals surface area contributed by atoms with Gasteiger partial charge in [-0.05, 0) is 89.9 Å². The lowest BCUT2D eigenvalue weighted by atomic mass is 9.99. The molecule has 0 amide bonds. The monoisotopic (exact) mass is 891 g/mol. The summed E-state index contributed by atoms with van der Waals surface area (Å²) in [7, 11) is -5.08. The maximum absolute atomic E-state index is 12.8. The van der Waals surface area contributed by atoms with Crippen molar-refractivity contribution in [1.29, 1.82) is 0 Å². The van der Waals surface area contributed by atoms with Crippen molar-refractivity contribution in [2.24, 2.45) is 0 Å². The van der Waals surface area contributed by atoms with Crippen LogP contribution in [0.2, 0.25) is 0 Å². The van der Waals surface area contributed by atoms with Crippen molar-refractivity contribution in [3.8, 4) is 0 Å². The Labute approximate surface area is 373 Å². The average Bonchev–Trinajstić information content (AvgIpc) is 3.24. The van der Waals surface area contributed by atoms with Crippen molar-refractivity contribution in [2.75, 3.05) is 26.4 Å². The third-order valence-corrected chi connectivity index (χ3v) is 9.86. The van der Waals surface area contributed by atoms with Gasteiger partial charge in [-0.3, -0.25) is 9.35 Å². The van der Waals surface area contributed by atoms with E-state index in [0.29, 0.717) is 19.4 Å². The molecule has 1 rings (SSSR count). The van der Waals surface area contributed by atoms with Gasteiger partial charge in [0.05, 0.1) is 19.8 Å². The highest BCUT2D eigenvalue weighted by atomic mass is 32.3. The predicted octanol–water partition coefficient (Wildman–Crippen LogP) is 9.63. The van der Waals surface area contributed by atoms with Gasteiger partial charge in [-0.2, -0.15) is 8.42 Å². The quantitative estimate of drug-likeness (QED) is 0.0201. The number of ether oxygens (including phenoxy) is 4. The Bertz CT molecular complexity index is 1490. The number of hydrogen-bond donors (Lipinski definition) is 4. The number of carbonyl (C=O) groups is 1. The maximum Gasteiger partial charge on any atom is 0.397 e. The summed E-state index contributed by atoms with van der Waals surface area (Å²) in [6.45, 7) is 3.61. The number of aliphatic hydroxyl groups is 3. The van der Waals surface area contributed by atoms with Crippen LogP contribution in [0.25, 0.3) is 0 Å². The number of esters is 1. The van der Waals surface area contributed by atoms with E-state index < -0.39 is 59.8 Å². The summed E-state index contributed by atoms with van der Waals surface area (Å²) in [4.78, 5) is 12.8. The number of aliphatic hydroxyl groups excluding tert-OH is 3. The lowest BCUT2D eigenvalue weighted by Crippen LogP contribution is -2.60. The molecule has 1 heterocycles. The van der Waals surface area contributed by atoms with Crippen LogP contribution in [-0.4, -0.2) is 97.5 Å². The maximum atomic E-state index is 12.8. The SMILES string of the molecule is CC/C=C\C/C=C\C/C=C\C/C=C\C/C=C\CCCC(=O)OC(COCCCCCCC/C=C\C/C=C\C/C=C\C/C=C\CC)COC1OC(CO)C(O)C(OS(=O)(=O)O)C1O. The fourth-order valence-electron chi connectivity index (χ4n) is 6.05. The molecule has 13 heteroatoms. The number of carbonyl (C=O) groups excluding carboxylic acids is 1. The van der Waals surface area contributed by atoms with E-state index in [4.69, 9.17) is 23.5 Å². The second kappa shape index (κ2) is 39.4. The van der Waals surface area contributed by atoms with Gasteiger partial charge in [0, 0.05) is 13.0 Å². The Morgan fingerprint density at radius 2 is 1.06 bits per heavy atom. The number of hydrogen-bond acceptors (Lipinski definition) is 11. The molecule has 0 radical (unpaired) electrons. The molecule has 0 aliphatic carbocycles. The zero-order valence-corrected chi connectivity index (χ0v) is 38.2. The molecular formula is C49H78O12S. The summed E-state index contributed by atoms with van der Waals surface area (Å²) in [6.07, 6.45) is 45.5. The molecule has 4 N–H and O–H groups in total. The first-order valence-electron chi connectivity index (χ1n) is 22.6. The second-order valence-electron chi connectivity index (χ2n) is 14.9. The summed E-state index contributed by atoms with van der Waals surface area (Å²) in [6, 6.07) is 0. The van der Waals surface area contributed by atoms with E-state index in [9.17, 15) is 28.5 Å². The molecule has 6 atom stereocenters. The highest BCUT2D eigenvalue weighted by Crippen LogP contribution is 2.26. The van der Waals surface area contributed by atoms with Gasteiger partial charge in [0.25, 0.3) is 0 Å². The zero-order chi connectivity index (χ0) is 45.4.